The van der Waals surface area contributed by atoms with Crippen molar-refractivity contribution in [3.05, 3.63) is 17.0 Å². The smallest absolute Gasteiger partial charge is 0.410 e. The van der Waals surface area contributed by atoms with Gasteiger partial charge in [-0.15, -0.1) is 0 Å². The Hall–Kier alpha value is -2.05. The zero-order chi connectivity index (χ0) is 17.7. The van der Waals surface area contributed by atoms with E-state index < -0.39 is 11.6 Å². The molecule has 1 aliphatic heterocycles. The van der Waals surface area contributed by atoms with Gasteiger partial charge in [-0.05, 0) is 40.5 Å². The number of esters is 1. The maximum Gasteiger partial charge on any atom is 0.410 e. The molecule has 24 heavy (non-hydrogen) atoms. The number of aromatic nitrogens is 2. The molecule has 1 saturated carbocycles. The van der Waals surface area contributed by atoms with Gasteiger partial charge < -0.3 is 14.4 Å². The van der Waals surface area contributed by atoms with Gasteiger partial charge in [0.15, 0.2) is 5.69 Å². The minimum absolute atomic E-state index is 0.100. The number of carbonyl (C=O) groups excluding carboxylic acids is 2. The van der Waals surface area contributed by atoms with Crippen LogP contribution in [0.3, 0.4) is 0 Å². The van der Waals surface area contributed by atoms with E-state index in [1.165, 1.54) is 0 Å². The number of amides is 1. The number of fused-ring (bicyclic) bond motifs is 2. The molecule has 0 bridgehead atoms. The first-order valence-corrected chi connectivity index (χ1v) is 8.38. The lowest BCUT2D eigenvalue weighted by molar-refractivity contribution is 0.0191. The summed E-state index contributed by atoms with van der Waals surface area (Å²) >= 11 is 0. The van der Waals surface area contributed by atoms with Gasteiger partial charge in [0.05, 0.1) is 18.8 Å². The van der Waals surface area contributed by atoms with Gasteiger partial charge in [-0.1, -0.05) is 0 Å². The molecule has 0 aromatic carbocycles. The average Bonchev–Trinajstić information content (AvgIpc) is 3.12. The molecule has 0 radical (unpaired) electrons. The Labute approximate surface area is 141 Å². The van der Waals surface area contributed by atoms with E-state index in [1.54, 1.807) is 16.5 Å². The number of rotatable bonds is 2. The summed E-state index contributed by atoms with van der Waals surface area (Å²) in [4.78, 5) is 26.4. The van der Waals surface area contributed by atoms with Gasteiger partial charge in [-0.2, -0.15) is 5.10 Å². The van der Waals surface area contributed by atoms with Crippen molar-refractivity contribution in [3.63, 3.8) is 0 Å². The van der Waals surface area contributed by atoms with Crippen molar-refractivity contribution < 1.29 is 19.1 Å². The first-order valence-electron chi connectivity index (χ1n) is 8.38. The Morgan fingerprint density at radius 3 is 2.50 bits per heavy atom. The quantitative estimate of drug-likeness (QED) is 0.776. The maximum absolute atomic E-state index is 12.5. The van der Waals surface area contributed by atoms with Gasteiger partial charge in [0.1, 0.15) is 5.60 Å². The van der Waals surface area contributed by atoms with Crippen LogP contribution in [0.15, 0.2) is 0 Å². The molecule has 3 rings (SSSR count). The minimum atomic E-state index is -0.549. The van der Waals surface area contributed by atoms with Crippen molar-refractivity contribution in [1.82, 2.24) is 14.7 Å². The minimum Gasteiger partial charge on any atom is -0.461 e. The van der Waals surface area contributed by atoms with E-state index in [0.717, 1.165) is 24.1 Å². The number of hydrogen-bond donors (Lipinski definition) is 0. The van der Waals surface area contributed by atoms with Crippen LogP contribution in [0, 0.1) is 0 Å². The molecule has 1 aromatic heterocycles. The lowest BCUT2D eigenvalue weighted by Gasteiger charge is -2.34. The molecule has 1 amide bonds. The maximum atomic E-state index is 12.5. The Kier molecular flexibility index (Phi) is 3.85. The fourth-order valence-electron chi connectivity index (χ4n) is 3.43. The Balaban J connectivity index is 1.94. The van der Waals surface area contributed by atoms with Gasteiger partial charge in [0, 0.05) is 24.6 Å². The summed E-state index contributed by atoms with van der Waals surface area (Å²) in [5.41, 5.74) is 1.52. The van der Waals surface area contributed by atoms with E-state index in [0.29, 0.717) is 25.4 Å². The van der Waals surface area contributed by atoms with Crippen LogP contribution >= 0.6 is 0 Å². The van der Waals surface area contributed by atoms with E-state index in [1.807, 2.05) is 27.8 Å². The third kappa shape index (κ3) is 2.87. The standard InChI is InChI=1S/C17H25N3O4/c1-6-23-14(21)12-11-9-20(15(22)24-16(2,3)4)10-17(7-8-17)13(11)19(5)18-12/h6-10H2,1-5H3. The molecule has 132 valence electrons. The monoisotopic (exact) mass is 335 g/mol. The largest absolute Gasteiger partial charge is 0.461 e. The molecular weight excluding hydrogens is 310 g/mol. The molecule has 2 aliphatic rings. The normalized spacial score (nSPS) is 18.3. The predicted molar refractivity (Wildman–Crippen MR) is 86.7 cm³/mol. The summed E-state index contributed by atoms with van der Waals surface area (Å²) in [6, 6.07) is 0. The molecule has 1 aliphatic carbocycles. The van der Waals surface area contributed by atoms with Crippen molar-refractivity contribution in [2.75, 3.05) is 13.2 Å². The van der Waals surface area contributed by atoms with Crippen molar-refractivity contribution in [1.29, 1.82) is 0 Å². The second kappa shape index (κ2) is 5.50. The second-order valence-electron chi connectivity index (χ2n) is 7.64. The molecule has 0 N–H and O–H groups in total. The van der Waals surface area contributed by atoms with Crippen molar-refractivity contribution >= 4 is 12.1 Å². The highest BCUT2D eigenvalue weighted by atomic mass is 16.6. The number of aryl methyl sites for hydroxylation is 1. The van der Waals surface area contributed by atoms with Gasteiger partial charge in [-0.3, -0.25) is 4.68 Å². The van der Waals surface area contributed by atoms with Crippen molar-refractivity contribution in [2.45, 2.75) is 58.1 Å². The van der Waals surface area contributed by atoms with E-state index >= 15 is 0 Å². The van der Waals surface area contributed by atoms with Crippen LogP contribution in [0.25, 0.3) is 0 Å². The van der Waals surface area contributed by atoms with Gasteiger partial charge in [0.2, 0.25) is 0 Å². The number of ether oxygens (including phenoxy) is 2. The zero-order valence-electron chi connectivity index (χ0n) is 15.0. The SMILES string of the molecule is CCOC(=O)c1nn(C)c2c1CN(C(=O)OC(C)(C)C)CC21CC1. The third-order valence-electron chi connectivity index (χ3n) is 4.46. The molecule has 1 spiro atoms. The van der Waals surface area contributed by atoms with Crippen molar-refractivity contribution in [2.24, 2.45) is 7.05 Å². The molecule has 0 saturated heterocycles. The first kappa shape index (κ1) is 16.8. The summed E-state index contributed by atoms with van der Waals surface area (Å²) in [6.07, 6.45) is 1.63. The lowest BCUT2D eigenvalue weighted by atomic mass is 9.92. The first-order chi connectivity index (χ1) is 11.2. The Morgan fingerprint density at radius 1 is 1.29 bits per heavy atom. The van der Waals surface area contributed by atoms with Crippen LogP contribution in [0.5, 0.6) is 0 Å². The van der Waals surface area contributed by atoms with E-state index in [4.69, 9.17) is 9.47 Å². The van der Waals surface area contributed by atoms with Gasteiger partial charge in [-0.25, -0.2) is 9.59 Å². The summed E-state index contributed by atoms with van der Waals surface area (Å²) in [7, 11) is 1.85. The van der Waals surface area contributed by atoms with E-state index in [2.05, 4.69) is 5.10 Å². The number of nitrogens with zero attached hydrogens (tertiary/aromatic N) is 3. The van der Waals surface area contributed by atoms with Crippen LogP contribution in [-0.2, 0) is 28.5 Å². The molecule has 2 heterocycles. The fraction of sp³-hybridized carbons (Fsp3) is 0.706. The van der Waals surface area contributed by atoms with E-state index in [9.17, 15) is 9.59 Å². The fourth-order valence-corrected chi connectivity index (χ4v) is 3.43. The lowest BCUT2D eigenvalue weighted by Crippen LogP contribution is -2.44. The molecule has 7 heteroatoms. The highest BCUT2D eigenvalue weighted by molar-refractivity contribution is 5.89. The zero-order valence-corrected chi connectivity index (χ0v) is 15.0. The molecule has 0 unspecified atom stereocenters. The third-order valence-corrected chi connectivity index (χ3v) is 4.46. The highest BCUT2D eigenvalue weighted by Crippen LogP contribution is 2.53. The Bertz CT molecular complexity index is 683. The molecule has 0 atom stereocenters. The molecular formula is C17H25N3O4. The summed E-state index contributed by atoms with van der Waals surface area (Å²) in [6.45, 7) is 8.54. The van der Waals surface area contributed by atoms with Gasteiger partial charge in [0.25, 0.3) is 0 Å². The summed E-state index contributed by atoms with van der Waals surface area (Å²) < 4.78 is 12.4. The molecule has 7 nitrogen and oxygen atoms in total. The van der Waals surface area contributed by atoms with Crippen LogP contribution in [0.1, 0.15) is 62.3 Å². The van der Waals surface area contributed by atoms with E-state index in [-0.39, 0.29) is 11.5 Å². The number of hydrogen-bond acceptors (Lipinski definition) is 5. The summed E-state index contributed by atoms with van der Waals surface area (Å²) in [5, 5.41) is 4.38. The van der Waals surface area contributed by atoms with Gasteiger partial charge >= 0.3 is 12.1 Å². The highest BCUT2D eigenvalue weighted by Gasteiger charge is 2.54. The molecule has 1 aromatic rings. The number of carbonyl (C=O) groups is 2. The molecule has 1 fully saturated rings. The average molecular weight is 335 g/mol. The van der Waals surface area contributed by atoms with Crippen LogP contribution in [0.4, 0.5) is 4.79 Å². The van der Waals surface area contributed by atoms with Crippen LogP contribution in [-0.4, -0.2) is 45.5 Å². The topological polar surface area (TPSA) is 73.7 Å². The van der Waals surface area contributed by atoms with Crippen LogP contribution < -0.4 is 0 Å². The van der Waals surface area contributed by atoms with Crippen LogP contribution in [0.2, 0.25) is 0 Å². The predicted octanol–water partition coefficient (Wildman–Crippen LogP) is 2.38. The van der Waals surface area contributed by atoms with Crippen molar-refractivity contribution in [3.8, 4) is 0 Å². The second-order valence-corrected chi connectivity index (χ2v) is 7.64. The Morgan fingerprint density at radius 2 is 1.96 bits per heavy atom. The summed E-state index contributed by atoms with van der Waals surface area (Å²) in [5.74, 6) is -0.434.